The SMILES string of the molecule is NC(=O)CC(N)c1cc(Cl)cc(Cl)c1. The summed E-state index contributed by atoms with van der Waals surface area (Å²) in [5, 5.41) is 0.986. The van der Waals surface area contributed by atoms with Crippen molar-refractivity contribution in [2.45, 2.75) is 12.5 Å². The molecule has 14 heavy (non-hydrogen) atoms. The van der Waals surface area contributed by atoms with E-state index in [0.717, 1.165) is 0 Å². The standard InChI is InChI=1S/C9H10Cl2N2O/c10-6-1-5(2-7(11)3-6)8(12)4-9(13)14/h1-3,8H,4,12H2,(H2,13,14). The van der Waals surface area contributed by atoms with E-state index in [1.165, 1.54) is 0 Å². The fourth-order valence-corrected chi connectivity index (χ4v) is 1.67. The van der Waals surface area contributed by atoms with Crippen molar-refractivity contribution in [1.82, 2.24) is 0 Å². The Kier molecular flexibility index (Phi) is 3.75. The zero-order valence-electron chi connectivity index (χ0n) is 7.34. The highest BCUT2D eigenvalue weighted by Crippen LogP contribution is 2.23. The predicted molar refractivity (Wildman–Crippen MR) is 57.2 cm³/mol. The Morgan fingerprint density at radius 2 is 1.79 bits per heavy atom. The molecule has 1 aromatic rings. The summed E-state index contributed by atoms with van der Waals surface area (Å²) in [6.45, 7) is 0. The minimum atomic E-state index is -0.455. The quantitative estimate of drug-likeness (QED) is 0.836. The molecule has 76 valence electrons. The van der Waals surface area contributed by atoms with Crippen molar-refractivity contribution in [2.24, 2.45) is 11.5 Å². The van der Waals surface area contributed by atoms with E-state index >= 15 is 0 Å². The summed E-state index contributed by atoms with van der Waals surface area (Å²) in [5.74, 6) is -0.450. The van der Waals surface area contributed by atoms with Gasteiger partial charge in [-0.25, -0.2) is 0 Å². The Morgan fingerprint density at radius 3 is 2.21 bits per heavy atom. The first kappa shape index (κ1) is 11.3. The van der Waals surface area contributed by atoms with Crippen LogP contribution in [-0.2, 0) is 4.79 Å². The molecule has 0 heterocycles. The van der Waals surface area contributed by atoms with Crippen LogP contribution < -0.4 is 11.5 Å². The van der Waals surface area contributed by atoms with Crippen molar-refractivity contribution < 1.29 is 4.79 Å². The number of nitrogens with two attached hydrogens (primary N) is 2. The molecule has 3 nitrogen and oxygen atoms in total. The maximum Gasteiger partial charge on any atom is 0.219 e. The van der Waals surface area contributed by atoms with Gasteiger partial charge in [0.25, 0.3) is 0 Å². The Morgan fingerprint density at radius 1 is 1.29 bits per heavy atom. The smallest absolute Gasteiger partial charge is 0.219 e. The number of rotatable bonds is 3. The third-order valence-electron chi connectivity index (χ3n) is 1.73. The van der Waals surface area contributed by atoms with Gasteiger partial charge in [0, 0.05) is 22.5 Å². The molecule has 1 atom stereocenters. The molecule has 0 fully saturated rings. The number of primary amides is 1. The molecule has 1 rings (SSSR count). The van der Waals surface area contributed by atoms with Crippen LogP contribution in [0.15, 0.2) is 18.2 Å². The summed E-state index contributed by atoms with van der Waals surface area (Å²) in [4.78, 5) is 10.6. The monoisotopic (exact) mass is 232 g/mol. The summed E-state index contributed by atoms with van der Waals surface area (Å²) < 4.78 is 0. The topological polar surface area (TPSA) is 69.1 Å². The molecule has 0 saturated heterocycles. The van der Waals surface area contributed by atoms with Crippen LogP contribution in [0.25, 0.3) is 0 Å². The molecule has 0 aromatic heterocycles. The molecule has 1 amide bonds. The first-order chi connectivity index (χ1) is 6.49. The summed E-state index contributed by atoms with van der Waals surface area (Å²) in [6, 6.07) is 4.48. The van der Waals surface area contributed by atoms with Gasteiger partial charge in [-0.15, -0.1) is 0 Å². The molecule has 0 aliphatic heterocycles. The van der Waals surface area contributed by atoms with Crippen LogP contribution in [0.4, 0.5) is 0 Å². The number of amides is 1. The van der Waals surface area contributed by atoms with Crippen LogP contribution in [0, 0.1) is 0 Å². The highest BCUT2D eigenvalue weighted by Gasteiger charge is 2.10. The number of benzene rings is 1. The lowest BCUT2D eigenvalue weighted by Gasteiger charge is -2.10. The van der Waals surface area contributed by atoms with E-state index in [4.69, 9.17) is 34.7 Å². The fourth-order valence-electron chi connectivity index (χ4n) is 1.12. The van der Waals surface area contributed by atoms with Gasteiger partial charge in [0.2, 0.25) is 5.91 Å². The molecule has 4 N–H and O–H groups in total. The highest BCUT2D eigenvalue weighted by molar-refractivity contribution is 6.34. The molecule has 0 spiro atoms. The molecule has 1 unspecified atom stereocenters. The molecule has 5 heteroatoms. The van der Waals surface area contributed by atoms with E-state index in [1.54, 1.807) is 18.2 Å². The average Bonchev–Trinajstić information content (AvgIpc) is 2.00. The third kappa shape index (κ3) is 3.18. The van der Waals surface area contributed by atoms with Crippen molar-refractivity contribution in [1.29, 1.82) is 0 Å². The minimum absolute atomic E-state index is 0.0800. The molecular weight excluding hydrogens is 223 g/mol. The second-order valence-electron chi connectivity index (χ2n) is 2.98. The van der Waals surface area contributed by atoms with E-state index in [2.05, 4.69) is 0 Å². The van der Waals surface area contributed by atoms with Crippen LogP contribution in [0.3, 0.4) is 0 Å². The number of carbonyl (C=O) groups excluding carboxylic acids is 1. The van der Waals surface area contributed by atoms with Gasteiger partial charge in [0.05, 0.1) is 0 Å². The third-order valence-corrected chi connectivity index (χ3v) is 2.17. The van der Waals surface area contributed by atoms with Gasteiger partial charge in [-0.3, -0.25) is 4.79 Å². The second-order valence-corrected chi connectivity index (χ2v) is 3.85. The van der Waals surface area contributed by atoms with Crippen molar-refractivity contribution in [3.63, 3.8) is 0 Å². The summed E-state index contributed by atoms with van der Waals surface area (Å²) in [5.41, 5.74) is 11.4. The van der Waals surface area contributed by atoms with Gasteiger partial charge in [0.1, 0.15) is 0 Å². The summed E-state index contributed by atoms with van der Waals surface area (Å²) >= 11 is 11.5. The normalized spacial score (nSPS) is 12.5. The largest absolute Gasteiger partial charge is 0.370 e. The van der Waals surface area contributed by atoms with Gasteiger partial charge in [-0.05, 0) is 23.8 Å². The Balaban J connectivity index is 2.89. The van der Waals surface area contributed by atoms with Crippen LogP contribution in [0.1, 0.15) is 18.0 Å². The zero-order valence-corrected chi connectivity index (χ0v) is 8.85. The molecule has 0 aliphatic carbocycles. The van der Waals surface area contributed by atoms with E-state index in [0.29, 0.717) is 15.6 Å². The maximum absolute atomic E-state index is 10.6. The zero-order chi connectivity index (χ0) is 10.7. The van der Waals surface area contributed by atoms with Crippen molar-refractivity contribution in [3.05, 3.63) is 33.8 Å². The summed E-state index contributed by atoms with van der Waals surface area (Å²) in [6.07, 6.45) is 0.0800. The van der Waals surface area contributed by atoms with Gasteiger partial charge in [0.15, 0.2) is 0 Å². The molecular formula is C9H10Cl2N2O. The molecule has 0 bridgehead atoms. The number of halogens is 2. The van der Waals surface area contributed by atoms with E-state index in [1.807, 2.05) is 0 Å². The van der Waals surface area contributed by atoms with Crippen LogP contribution in [0.5, 0.6) is 0 Å². The predicted octanol–water partition coefficient (Wildman–Crippen LogP) is 1.87. The van der Waals surface area contributed by atoms with Crippen molar-refractivity contribution in [2.75, 3.05) is 0 Å². The van der Waals surface area contributed by atoms with Gasteiger partial charge < -0.3 is 11.5 Å². The van der Waals surface area contributed by atoms with Crippen LogP contribution in [0.2, 0.25) is 10.0 Å². The molecule has 0 saturated carbocycles. The number of carbonyl (C=O) groups is 1. The lowest BCUT2D eigenvalue weighted by Crippen LogP contribution is -2.20. The molecule has 0 radical (unpaired) electrons. The Hall–Kier alpha value is -0.770. The first-order valence-corrected chi connectivity index (χ1v) is 4.74. The van der Waals surface area contributed by atoms with Crippen molar-refractivity contribution in [3.8, 4) is 0 Å². The molecule has 1 aromatic carbocycles. The lowest BCUT2D eigenvalue weighted by atomic mass is 10.0. The maximum atomic E-state index is 10.6. The second kappa shape index (κ2) is 4.64. The lowest BCUT2D eigenvalue weighted by molar-refractivity contribution is -0.118. The van der Waals surface area contributed by atoms with Gasteiger partial charge in [-0.1, -0.05) is 23.2 Å². The number of hydrogen-bond donors (Lipinski definition) is 2. The molecule has 0 aliphatic rings. The van der Waals surface area contributed by atoms with Crippen molar-refractivity contribution >= 4 is 29.1 Å². The van der Waals surface area contributed by atoms with Crippen LogP contribution >= 0.6 is 23.2 Å². The van der Waals surface area contributed by atoms with E-state index in [9.17, 15) is 4.79 Å². The Bertz CT molecular complexity index is 334. The Labute approximate surface area is 92.0 Å². The first-order valence-electron chi connectivity index (χ1n) is 3.99. The fraction of sp³-hybridized carbons (Fsp3) is 0.222. The minimum Gasteiger partial charge on any atom is -0.370 e. The highest BCUT2D eigenvalue weighted by atomic mass is 35.5. The van der Waals surface area contributed by atoms with Crippen LogP contribution in [-0.4, -0.2) is 5.91 Å². The number of hydrogen-bond acceptors (Lipinski definition) is 2. The summed E-state index contributed by atoms with van der Waals surface area (Å²) in [7, 11) is 0. The van der Waals surface area contributed by atoms with E-state index in [-0.39, 0.29) is 6.42 Å². The average molecular weight is 233 g/mol. The van der Waals surface area contributed by atoms with Gasteiger partial charge >= 0.3 is 0 Å². The van der Waals surface area contributed by atoms with E-state index < -0.39 is 11.9 Å². The van der Waals surface area contributed by atoms with Gasteiger partial charge in [-0.2, -0.15) is 0 Å².